The Bertz CT molecular complexity index is 702. The molecule has 108 valence electrons. The molecule has 3 N–H and O–H groups in total. The Morgan fingerprint density at radius 2 is 1.76 bits per heavy atom. The number of hydrogen-bond donors (Lipinski definition) is 2. The molecule has 0 aliphatic carbocycles. The van der Waals surface area contributed by atoms with Gasteiger partial charge in [0.2, 0.25) is 5.91 Å². The summed E-state index contributed by atoms with van der Waals surface area (Å²) in [5.41, 5.74) is 6.60. The van der Waals surface area contributed by atoms with Crippen molar-refractivity contribution >= 4 is 40.7 Å². The fraction of sp³-hybridized carbons (Fsp3) is 0.0667. The minimum atomic E-state index is -0.475. The summed E-state index contributed by atoms with van der Waals surface area (Å²) in [5, 5.41) is 3.20. The van der Waals surface area contributed by atoms with Gasteiger partial charge in [-0.15, -0.1) is 0 Å². The molecular formula is C15H12Cl2N2O2. The molecular weight excluding hydrogens is 311 g/mol. The summed E-state index contributed by atoms with van der Waals surface area (Å²) < 4.78 is 0. The first-order chi connectivity index (χ1) is 9.99. The van der Waals surface area contributed by atoms with E-state index in [0.717, 1.165) is 0 Å². The summed E-state index contributed by atoms with van der Waals surface area (Å²) in [6, 6.07) is 11.7. The van der Waals surface area contributed by atoms with Gasteiger partial charge in [0.15, 0.2) is 0 Å². The van der Waals surface area contributed by atoms with Crippen LogP contribution in [0.15, 0.2) is 42.5 Å². The van der Waals surface area contributed by atoms with Crippen LogP contribution in [-0.4, -0.2) is 11.8 Å². The van der Waals surface area contributed by atoms with E-state index in [1.165, 1.54) is 0 Å². The Kier molecular flexibility index (Phi) is 4.83. The van der Waals surface area contributed by atoms with Crippen LogP contribution < -0.4 is 11.1 Å². The molecule has 2 aromatic rings. The molecule has 0 bridgehead atoms. The predicted octanol–water partition coefficient (Wildman–Crippen LogP) is 3.27. The quantitative estimate of drug-likeness (QED) is 0.906. The molecule has 0 saturated heterocycles. The largest absolute Gasteiger partial charge is 0.369 e. The van der Waals surface area contributed by atoms with Crippen LogP contribution in [0.2, 0.25) is 10.0 Å². The van der Waals surface area contributed by atoms with Gasteiger partial charge in [-0.25, -0.2) is 0 Å². The van der Waals surface area contributed by atoms with Gasteiger partial charge in [-0.1, -0.05) is 47.5 Å². The number of hydrogen-bond acceptors (Lipinski definition) is 2. The third-order valence-electron chi connectivity index (χ3n) is 2.83. The molecule has 0 saturated carbocycles. The number of carbonyl (C=O) groups excluding carboxylic acids is 2. The smallest absolute Gasteiger partial charge is 0.257 e. The predicted molar refractivity (Wildman–Crippen MR) is 83.8 cm³/mol. The minimum Gasteiger partial charge on any atom is -0.369 e. The first kappa shape index (κ1) is 15.4. The number of benzene rings is 2. The first-order valence-electron chi connectivity index (χ1n) is 6.10. The zero-order valence-electron chi connectivity index (χ0n) is 10.9. The van der Waals surface area contributed by atoms with Crippen LogP contribution in [0.4, 0.5) is 5.69 Å². The van der Waals surface area contributed by atoms with E-state index in [9.17, 15) is 9.59 Å². The van der Waals surface area contributed by atoms with Gasteiger partial charge in [0.05, 0.1) is 22.0 Å². The zero-order chi connectivity index (χ0) is 15.4. The molecule has 21 heavy (non-hydrogen) atoms. The maximum Gasteiger partial charge on any atom is 0.257 e. The van der Waals surface area contributed by atoms with Gasteiger partial charge in [0.25, 0.3) is 5.91 Å². The number of amides is 2. The molecule has 0 spiro atoms. The molecule has 0 aromatic heterocycles. The van der Waals surface area contributed by atoms with Gasteiger partial charge in [0, 0.05) is 5.69 Å². The van der Waals surface area contributed by atoms with Crippen LogP contribution in [0.1, 0.15) is 15.9 Å². The topological polar surface area (TPSA) is 72.2 Å². The number of rotatable bonds is 4. The molecule has 0 radical (unpaired) electrons. The Morgan fingerprint density at radius 3 is 2.48 bits per heavy atom. The van der Waals surface area contributed by atoms with Crippen molar-refractivity contribution in [2.24, 2.45) is 5.73 Å². The molecule has 2 rings (SSSR count). The molecule has 4 nitrogen and oxygen atoms in total. The normalized spacial score (nSPS) is 10.2. The molecule has 0 aliphatic rings. The van der Waals surface area contributed by atoms with Crippen molar-refractivity contribution in [2.75, 3.05) is 5.32 Å². The summed E-state index contributed by atoms with van der Waals surface area (Å²) in [4.78, 5) is 23.3. The van der Waals surface area contributed by atoms with E-state index >= 15 is 0 Å². The fourth-order valence-electron chi connectivity index (χ4n) is 1.85. The lowest BCUT2D eigenvalue weighted by Crippen LogP contribution is -2.17. The van der Waals surface area contributed by atoms with Gasteiger partial charge in [-0.05, 0) is 23.8 Å². The second-order valence-electron chi connectivity index (χ2n) is 4.36. The Morgan fingerprint density at radius 1 is 1.05 bits per heavy atom. The molecule has 2 amide bonds. The van der Waals surface area contributed by atoms with Crippen molar-refractivity contribution in [3.63, 3.8) is 0 Å². The van der Waals surface area contributed by atoms with E-state index < -0.39 is 11.8 Å². The summed E-state index contributed by atoms with van der Waals surface area (Å²) in [6.45, 7) is 0. The lowest BCUT2D eigenvalue weighted by molar-refractivity contribution is -0.117. The van der Waals surface area contributed by atoms with Crippen LogP contribution >= 0.6 is 23.2 Å². The molecule has 6 heteroatoms. The second-order valence-corrected chi connectivity index (χ2v) is 5.14. The average molecular weight is 323 g/mol. The van der Waals surface area contributed by atoms with Crippen LogP contribution in [0, 0.1) is 0 Å². The highest BCUT2D eigenvalue weighted by Crippen LogP contribution is 2.26. The second kappa shape index (κ2) is 6.61. The maximum atomic E-state index is 12.3. The summed E-state index contributed by atoms with van der Waals surface area (Å²) in [5.74, 6) is -0.878. The zero-order valence-corrected chi connectivity index (χ0v) is 12.4. The summed E-state index contributed by atoms with van der Waals surface area (Å²) in [6.07, 6.45) is 0.0414. The number of anilines is 1. The number of para-hydroxylation sites is 1. The number of nitrogens with one attached hydrogen (secondary N) is 1. The lowest BCUT2D eigenvalue weighted by Gasteiger charge is -2.11. The highest BCUT2D eigenvalue weighted by molar-refractivity contribution is 6.44. The van der Waals surface area contributed by atoms with Gasteiger partial charge in [-0.2, -0.15) is 0 Å². The Balaban J connectivity index is 2.28. The van der Waals surface area contributed by atoms with Gasteiger partial charge < -0.3 is 11.1 Å². The van der Waals surface area contributed by atoms with Crippen molar-refractivity contribution in [3.8, 4) is 0 Å². The Hall–Kier alpha value is -2.04. The van der Waals surface area contributed by atoms with Crippen molar-refractivity contribution < 1.29 is 9.59 Å². The van der Waals surface area contributed by atoms with Gasteiger partial charge >= 0.3 is 0 Å². The monoisotopic (exact) mass is 322 g/mol. The Labute approximate surface area is 131 Å². The van der Waals surface area contributed by atoms with Crippen LogP contribution in [0.3, 0.4) is 0 Å². The molecule has 0 fully saturated rings. The first-order valence-corrected chi connectivity index (χ1v) is 6.86. The SMILES string of the molecule is NC(=O)Cc1ccccc1NC(=O)c1cccc(Cl)c1Cl. The van der Waals surface area contributed by atoms with Crippen LogP contribution in [-0.2, 0) is 11.2 Å². The van der Waals surface area contributed by atoms with E-state index in [-0.39, 0.29) is 17.0 Å². The van der Waals surface area contributed by atoms with E-state index in [4.69, 9.17) is 28.9 Å². The average Bonchev–Trinajstić information content (AvgIpc) is 2.43. The van der Waals surface area contributed by atoms with E-state index in [0.29, 0.717) is 16.3 Å². The van der Waals surface area contributed by atoms with E-state index in [1.807, 2.05) is 0 Å². The number of carbonyl (C=O) groups is 2. The summed E-state index contributed by atoms with van der Waals surface area (Å²) >= 11 is 11.9. The third-order valence-corrected chi connectivity index (χ3v) is 3.65. The van der Waals surface area contributed by atoms with Crippen LogP contribution in [0.5, 0.6) is 0 Å². The van der Waals surface area contributed by atoms with E-state index in [2.05, 4.69) is 5.32 Å². The van der Waals surface area contributed by atoms with Crippen molar-refractivity contribution in [1.29, 1.82) is 0 Å². The van der Waals surface area contributed by atoms with Crippen molar-refractivity contribution in [1.82, 2.24) is 0 Å². The van der Waals surface area contributed by atoms with Crippen molar-refractivity contribution in [3.05, 3.63) is 63.6 Å². The molecule has 0 atom stereocenters. The number of primary amides is 1. The third kappa shape index (κ3) is 3.74. The fourth-order valence-corrected chi connectivity index (χ4v) is 2.24. The van der Waals surface area contributed by atoms with Crippen molar-refractivity contribution in [2.45, 2.75) is 6.42 Å². The van der Waals surface area contributed by atoms with E-state index in [1.54, 1.807) is 42.5 Å². The molecule has 0 unspecified atom stereocenters. The summed E-state index contributed by atoms with van der Waals surface area (Å²) in [7, 11) is 0. The molecule has 0 aliphatic heterocycles. The lowest BCUT2D eigenvalue weighted by atomic mass is 10.1. The number of nitrogens with two attached hydrogens (primary N) is 1. The maximum absolute atomic E-state index is 12.3. The number of halogens is 2. The van der Waals surface area contributed by atoms with Gasteiger partial charge in [-0.3, -0.25) is 9.59 Å². The minimum absolute atomic E-state index is 0.0414. The standard InChI is InChI=1S/C15H12Cl2N2O2/c16-11-6-3-5-10(14(11)17)15(21)19-12-7-2-1-4-9(12)8-13(18)20/h1-7H,8H2,(H2,18,20)(H,19,21). The molecule has 0 heterocycles. The highest BCUT2D eigenvalue weighted by atomic mass is 35.5. The van der Waals surface area contributed by atoms with Crippen LogP contribution in [0.25, 0.3) is 0 Å². The highest BCUT2D eigenvalue weighted by Gasteiger charge is 2.14. The van der Waals surface area contributed by atoms with Gasteiger partial charge in [0.1, 0.15) is 0 Å². The molecule has 2 aromatic carbocycles.